The number of hydrogen-bond acceptors (Lipinski definition) is 5. The van der Waals surface area contributed by atoms with Crippen LogP contribution in [0.25, 0.3) is 0 Å². The van der Waals surface area contributed by atoms with E-state index < -0.39 is 23.9 Å². The number of rotatable bonds is 4. The summed E-state index contributed by atoms with van der Waals surface area (Å²) in [5.41, 5.74) is -0.00554. The topological polar surface area (TPSA) is 64.5 Å². The van der Waals surface area contributed by atoms with Crippen LogP contribution in [0.5, 0.6) is 11.6 Å². The van der Waals surface area contributed by atoms with Gasteiger partial charge in [0.15, 0.2) is 5.15 Å². The lowest BCUT2D eigenvalue weighted by Gasteiger charge is -2.22. The van der Waals surface area contributed by atoms with Crippen molar-refractivity contribution in [1.29, 1.82) is 0 Å². The number of amides is 1. The standard InChI is InChI=1S/C20H13ClF3N3O3/c21-17-8-9-18(26-25-17)30-15-6-4-14(5-7-15)27-16(11-29-19(27)28)12-2-1-3-13(10-12)20(22,23)24/h1-10,16H,11H2. The zero-order valence-corrected chi connectivity index (χ0v) is 15.9. The summed E-state index contributed by atoms with van der Waals surface area (Å²) in [5.74, 6) is 0.660. The molecule has 1 aliphatic rings. The second kappa shape index (κ2) is 7.83. The fourth-order valence-corrected chi connectivity index (χ4v) is 3.13. The number of ether oxygens (including phenoxy) is 2. The zero-order chi connectivity index (χ0) is 21.3. The van der Waals surface area contributed by atoms with Gasteiger partial charge in [-0.05, 0) is 48.0 Å². The van der Waals surface area contributed by atoms with Crippen molar-refractivity contribution in [2.24, 2.45) is 0 Å². The van der Waals surface area contributed by atoms with Crippen LogP contribution in [0.3, 0.4) is 0 Å². The predicted molar refractivity (Wildman–Crippen MR) is 102 cm³/mol. The molecule has 1 amide bonds. The molecule has 2 aromatic carbocycles. The molecule has 1 aliphatic heterocycles. The van der Waals surface area contributed by atoms with E-state index in [0.717, 1.165) is 12.1 Å². The van der Waals surface area contributed by atoms with Crippen LogP contribution in [0, 0.1) is 0 Å². The fraction of sp³-hybridized carbons (Fsp3) is 0.150. The highest BCUT2D eigenvalue weighted by molar-refractivity contribution is 6.29. The molecule has 3 aromatic rings. The van der Waals surface area contributed by atoms with Crippen LogP contribution in [-0.4, -0.2) is 22.9 Å². The van der Waals surface area contributed by atoms with Crippen LogP contribution >= 0.6 is 11.6 Å². The Morgan fingerprint density at radius 3 is 2.50 bits per heavy atom. The molecule has 154 valence electrons. The Morgan fingerprint density at radius 2 is 1.83 bits per heavy atom. The molecule has 10 heteroatoms. The third kappa shape index (κ3) is 4.16. The van der Waals surface area contributed by atoms with E-state index in [9.17, 15) is 18.0 Å². The lowest BCUT2D eigenvalue weighted by Crippen LogP contribution is -2.27. The van der Waals surface area contributed by atoms with Crippen molar-refractivity contribution >= 4 is 23.4 Å². The van der Waals surface area contributed by atoms with Gasteiger partial charge in [0.2, 0.25) is 5.88 Å². The van der Waals surface area contributed by atoms with E-state index in [-0.39, 0.29) is 17.6 Å². The minimum Gasteiger partial charge on any atom is -0.447 e. The van der Waals surface area contributed by atoms with Crippen LogP contribution in [0.4, 0.5) is 23.7 Å². The first-order chi connectivity index (χ1) is 14.3. The summed E-state index contributed by atoms with van der Waals surface area (Å²) in [6.45, 7) is -0.0568. The highest BCUT2D eigenvalue weighted by Crippen LogP contribution is 2.37. The van der Waals surface area contributed by atoms with Crippen LogP contribution in [0.15, 0.2) is 60.7 Å². The third-order valence-electron chi connectivity index (χ3n) is 4.42. The Morgan fingerprint density at radius 1 is 1.07 bits per heavy atom. The number of alkyl halides is 3. The van der Waals surface area contributed by atoms with Gasteiger partial charge in [0.1, 0.15) is 12.4 Å². The van der Waals surface area contributed by atoms with Gasteiger partial charge in [-0.15, -0.1) is 10.2 Å². The number of hydrogen-bond donors (Lipinski definition) is 0. The Labute approximate surface area is 173 Å². The van der Waals surface area contributed by atoms with E-state index >= 15 is 0 Å². The maximum absolute atomic E-state index is 13.1. The molecule has 1 saturated heterocycles. The SMILES string of the molecule is O=C1OCC(c2cccc(C(F)(F)F)c2)N1c1ccc(Oc2ccc(Cl)nn2)cc1. The van der Waals surface area contributed by atoms with E-state index in [4.69, 9.17) is 21.1 Å². The Hall–Kier alpha value is -3.33. The molecule has 0 N–H and O–H groups in total. The number of cyclic esters (lactones) is 1. The summed E-state index contributed by atoms with van der Waals surface area (Å²) in [5, 5.41) is 7.69. The lowest BCUT2D eigenvalue weighted by atomic mass is 10.0. The quantitative estimate of drug-likeness (QED) is 0.530. The second-order valence-corrected chi connectivity index (χ2v) is 6.76. The molecule has 6 nitrogen and oxygen atoms in total. The molecule has 0 spiro atoms. The summed E-state index contributed by atoms with van der Waals surface area (Å²) < 4.78 is 49.8. The summed E-state index contributed by atoms with van der Waals surface area (Å²) in [6.07, 6.45) is -5.12. The van der Waals surface area contributed by atoms with Gasteiger partial charge in [-0.2, -0.15) is 13.2 Å². The van der Waals surface area contributed by atoms with Gasteiger partial charge < -0.3 is 9.47 Å². The number of halogens is 4. The first kappa shape index (κ1) is 20.0. The van der Waals surface area contributed by atoms with Crippen LogP contribution in [-0.2, 0) is 10.9 Å². The molecule has 0 bridgehead atoms. The highest BCUT2D eigenvalue weighted by Gasteiger charge is 2.37. The van der Waals surface area contributed by atoms with Gasteiger partial charge in [-0.1, -0.05) is 23.7 Å². The number of anilines is 1. The molecule has 1 aromatic heterocycles. The van der Waals surface area contributed by atoms with Crippen LogP contribution in [0.2, 0.25) is 5.15 Å². The molecular weight excluding hydrogens is 423 g/mol. The van der Waals surface area contributed by atoms with E-state index in [1.807, 2.05) is 0 Å². The Bertz CT molecular complexity index is 1060. The van der Waals surface area contributed by atoms with E-state index in [1.165, 1.54) is 23.1 Å². The molecule has 2 heterocycles. The normalized spacial score (nSPS) is 16.5. The number of benzene rings is 2. The molecule has 4 rings (SSSR count). The van der Waals surface area contributed by atoms with Crippen molar-refractivity contribution < 1.29 is 27.4 Å². The van der Waals surface area contributed by atoms with Gasteiger partial charge in [0.25, 0.3) is 0 Å². The van der Waals surface area contributed by atoms with Gasteiger partial charge in [-0.3, -0.25) is 4.90 Å². The molecule has 30 heavy (non-hydrogen) atoms. The lowest BCUT2D eigenvalue weighted by molar-refractivity contribution is -0.137. The van der Waals surface area contributed by atoms with E-state index in [0.29, 0.717) is 17.0 Å². The Balaban J connectivity index is 1.57. The average molecular weight is 436 g/mol. The number of carbonyl (C=O) groups excluding carboxylic acids is 1. The van der Waals surface area contributed by atoms with Crippen LogP contribution < -0.4 is 9.64 Å². The van der Waals surface area contributed by atoms with Crippen molar-refractivity contribution in [3.05, 3.63) is 76.9 Å². The van der Waals surface area contributed by atoms with Crippen molar-refractivity contribution in [1.82, 2.24) is 10.2 Å². The van der Waals surface area contributed by atoms with Crippen molar-refractivity contribution in [3.63, 3.8) is 0 Å². The van der Waals surface area contributed by atoms with Gasteiger partial charge in [-0.25, -0.2) is 4.79 Å². The summed E-state index contributed by atoms with van der Waals surface area (Å²) >= 11 is 5.68. The minimum absolute atomic E-state index is 0.0568. The van der Waals surface area contributed by atoms with Crippen molar-refractivity contribution in [2.45, 2.75) is 12.2 Å². The average Bonchev–Trinajstić information content (AvgIpc) is 3.11. The van der Waals surface area contributed by atoms with Gasteiger partial charge in [0, 0.05) is 11.8 Å². The van der Waals surface area contributed by atoms with Crippen LogP contribution in [0.1, 0.15) is 17.2 Å². The smallest absolute Gasteiger partial charge is 0.416 e. The molecule has 1 unspecified atom stereocenters. The van der Waals surface area contributed by atoms with Gasteiger partial charge >= 0.3 is 12.3 Å². The summed E-state index contributed by atoms with van der Waals surface area (Å²) in [7, 11) is 0. The molecular formula is C20H13ClF3N3O3. The largest absolute Gasteiger partial charge is 0.447 e. The number of carbonyl (C=O) groups is 1. The molecule has 0 radical (unpaired) electrons. The van der Waals surface area contributed by atoms with E-state index in [2.05, 4.69) is 10.2 Å². The van der Waals surface area contributed by atoms with Crippen molar-refractivity contribution in [2.75, 3.05) is 11.5 Å². The Kier molecular flexibility index (Phi) is 5.21. The predicted octanol–water partition coefficient (Wildman–Crippen LogP) is 5.64. The fourth-order valence-electron chi connectivity index (χ4n) is 3.03. The third-order valence-corrected chi connectivity index (χ3v) is 4.62. The van der Waals surface area contributed by atoms with E-state index in [1.54, 1.807) is 30.3 Å². The highest BCUT2D eigenvalue weighted by atomic mass is 35.5. The maximum Gasteiger partial charge on any atom is 0.416 e. The molecule has 1 fully saturated rings. The zero-order valence-electron chi connectivity index (χ0n) is 15.1. The first-order valence-electron chi connectivity index (χ1n) is 8.71. The number of aromatic nitrogens is 2. The summed E-state index contributed by atoms with van der Waals surface area (Å²) in [4.78, 5) is 13.6. The molecule has 0 aliphatic carbocycles. The van der Waals surface area contributed by atoms with Crippen molar-refractivity contribution in [3.8, 4) is 11.6 Å². The minimum atomic E-state index is -4.48. The maximum atomic E-state index is 13.1. The summed E-state index contributed by atoms with van der Waals surface area (Å²) in [6, 6.07) is 13.6. The molecule has 1 atom stereocenters. The molecule has 0 saturated carbocycles. The second-order valence-electron chi connectivity index (χ2n) is 6.38. The first-order valence-corrected chi connectivity index (χ1v) is 9.09. The monoisotopic (exact) mass is 435 g/mol. The van der Waals surface area contributed by atoms with Gasteiger partial charge in [0.05, 0.1) is 11.6 Å². The number of nitrogens with zero attached hydrogens (tertiary/aromatic N) is 3.